The molecule has 2 fully saturated rings. The van der Waals surface area contributed by atoms with Crippen molar-refractivity contribution in [2.24, 2.45) is 11.8 Å². The number of carbonyl (C=O) groups excluding carboxylic acids is 3. The predicted molar refractivity (Wildman–Crippen MR) is 129 cm³/mol. The molecule has 33 heavy (non-hydrogen) atoms. The van der Waals surface area contributed by atoms with Gasteiger partial charge in [-0.3, -0.25) is 19.3 Å². The van der Waals surface area contributed by atoms with Crippen LogP contribution in [0.4, 0.5) is 11.4 Å². The number of anilines is 2. The first-order chi connectivity index (χ1) is 15.9. The van der Waals surface area contributed by atoms with Crippen molar-refractivity contribution in [1.29, 1.82) is 0 Å². The standard InChI is InChI=1S/C26H26ClN3O3/c1-3-4-13-29-25(32)21-20-14-15(2)18-7-5-6-8-19(18)30(20)23(22(21)26(29)33)24(31)28-17-11-9-16(27)10-12-17/h5-12,14,20-23H,3-4,13H2,1-2H3,(H,28,31)/t20-,21+,22-,23+/m1/s1. The predicted octanol–water partition coefficient (Wildman–Crippen LogP) is 4.35. The molecule has 0 bridgehead atoms. The highest BCUT2D eigenvalue weighted by Crippen LogP contribution is 2.50. The normalized spacial score (nSPS) is 25.5. The van der Waals surface area contributed by atoms with E-state index in [1.54, 1.807) is 24.3 Å². The monoisotopic (exact) mass is 463 g/mol. The third-order valence-electron chi connectivity index (χ3n) is 6.96. The number of para-hydroxylation sites is 1. The van der Waals surface area contributed by atoms with E-state index in [2.05, 4.69) is 5.32 Å². The van der Waals surface area contributed by atoms with Crippen LogP contribution in [0.3, 0.4) is 0 Å². The molecular formula is C26H26ClN3O3. The molecule has 0 spiro atoms. The maximum absolute atomic E-state index is 13.7. The summed E-state index contributed by atoms with van der Waals surface area (Å²) in [7, 11) is 0. The summed E-state index contributed by atoms with van der Waals surface area (Å²) in [6, 6.07) is 13.6. The van der Waals surface area contributed by atoms with Gasteiger partial charge < -0.3 is 10.2 Å². The molecule has 0 aromatic heterocycles. The SMILES string of the molecule is CCCCN1C(=O)[C@@H]2[C@@H](C1=O)[C@@H](C(=O)Nc1ccc(Cl)cc1)N1c3ccccc3C(C)=C[C@H]21. The Morgan fingerprint density at radius 2 is 1.73 bits per heavy atom. The van der Waals surface area contributed by atoms with Crippen LogP contribution < -0.4 is 10.2 Å². The second-order valence-corrected chi connectivity index (χ2v) is 9.38. The number of hydrogen-bond donors (Lipinski definition) is 1. The lowest BCUT2D eigenvalue weighted by atomic mass is 9.87. The number of likely N-dealkylation sites (tertiary alicyclic amines) is 1. The van der Waals surface area contributed by atoms with Crippen LogP contribution in [0.5, 0.6) is 0 Å². The summed E-state index contributed by atoms with van der Waals surface area (Å²) in [6.07, 6.45) is 3.68. The maximum Gasteiger partial charge on any atom is 0.247 e. The highest BCUT2D eigenvalue weighted by atomic mass is 35.5. The Bertz CT molecular complexity index is 1160. The molecule has 4 atom stereocenters. The molecular weight excluding hydrogens is 438 g/mol. The van der Waals surface area contributed by atoms with E-state index in [0.29, 0.717) is 17.3 Å². The minimum Gasteiger partial charge on any atom is -0.351 e. The molecule has 6 nitrogen and oxygen atoms in total. The molecule has 3 aliphatic rings. The number of unbranched alkanes of at least 4 members (excludes halogenated alkanes) is 1. The number of rotatable bonds is 5. The van der Waals surface area contributed by atoms with Crippen LogP contribution in [0.15, 0.2) is 54.6 Å². The Kier molecular flexibility index (Phi) is 5.49. The van der Waals surface area contributed by atoms with Crippen molar-refractivity contribution >= 4 is 46.3 Å². The molecule has 1 N–H and O–H groups in total. The lowest BCUT2D eigenvalue weighted by Crippen LogP contribution is -2.50. The van der Waals surface area contributed by atoms with Gasteiger partial charge in [0.2, 0.25) is 17.7 Å². The van der Waals surface area contributed by atoms with Gasteiger partial charge in [-0.25, -0.2) is 0 Å². The molecule has 7 heteroatoms. The zero-order chi connectivity index (χ0) is 23.3. The third-order valence-corrected chi connectivity index (χ3v) is 7.21. The summed E-state index contributed by atoms with van der Waals surface area (Å²) in [5, 5.41) is 3.52. The average molecular weight is 464 g/mol. The topological polar surface area (TPSA) is 69.7 Å². The van der Waals surface area contributed by atoms with Crippen molar-refractivity contribution in [2.75, 3.05) is 16.8 Å². The second kappa shape index (κ2) is 8.34. The number of benzene rings is 2. The summed E-state index contributed by atoms with van der Waals surface area (Å²) < 4.78 is 0. The molecule has 3 heterocycles. The quantitative estimate of drug-likeness (QED) is 0.669. The van der Waals surface area contributed by atoms with Crippen molar-refractivity contribution in [3.63, 3.8) is 0 Å². The Morgan fingerprint density at radius 1 is 1.03 bits per heavy atom. The van der Waals surface area contributed by atoms with Gasteiger partial charge in [0.15, 0.2) is 0 Å². The lowest BCUT2D eigenvalue weighted by Gasteiger charge is -2.37. The van der Waals surface area contributed by atoms with Gasteiger partial charge in [0.05, 0.1) is 17.9 Å². The number of amides is 3. The maximum atomic E-state index is 13.7. The van der Waals surface area contributed by atoms with Crippen molar-refractivity contribution in [1.82, 2.24) is 4.90 Å². The van der Waals surface area contributed by atoms with E-state index in [9.17, 15) is 14.4 Å². The third kappa shape index (κ3) is 3.44. The van der Waals surface area contributed by atoms with Crippen molar-refractivity contribution < 1.29 is 14.4 Å². The molecule has 5 rings (SSSR count). The second-order valence-electron chi connectivity index (χ2n) is 8.94. The smallest absolute Gasteiger partial charge is 0.247 e. The van der Waals surface area contributed by atoms with Crippen molar-refractivity contribution in [2.45, 2.75) is 38.8 Å². The highest BCUT2D eigenvalue weighted by molar-refractivity contribution is 6.30. The van der Waals surface area contributed by atoms with E-state index >= 15 is 0 Å². The van der Waals surface area contributed by atoms with E-state index in [-0.39, 0.29) is 23.8 Å². The van der Waals surface area contributed by atoms with Gasteiger partial charge >= 0.3 is 0 Å². The van der Waals surface area contributed by atoms with E-state index in [4.69, 9.17) is 11.6 Å². The fourth-order valence-electron chi connectivity index (χ4n) is 5.45. The first kappa shape index (κ1) is 21.7. The molecule has 170 valence electrons. The molecule has 0 radical (unpaired) electrons. The minimum atomic E-state index is -0.788. The van der Waals surface area contributed by atoms with Gasteiger partial charge in [0.25, 0.3) is 0 Å². The fraction of sp³-hybridized carbons (Fsp3) is 0.346. The van der Waals surface area contributed by atoms with Crippen LogP contribution in [0.1, 0.15) is 32.3 Å². The summed E-state index contributed by atoms with van der Waals surface area (Å²) in [4.78, 5) is 44.0. The number of halogens is 1. The molecule has 3 aliphatic heterocycles. The van der Waals surface area contributed by atoms with Crippen LogP contribution in [-0.4, -0.2) is 41.2 Å². The number of allylic oxidation sites excluding steroid dienone is 1. The number of fused-ring (bicyclic) bond motifs is 5. The minimum absolute atomic E-state index is 0.168. The highest BCUT2D eigenvalue weighted by Gasteiger charge is 2.64. The molecule has 0 unspecified atom stereocenters. The zero-order valence-corrected chi connectivity index (χ0v) is 19.4. The van der Waals surface area contributed by atoms with Gasteiger partial charge in [-0.1, -0.05) is 49.2 Å². The summed E-state index contributed by atoms with van der Waals surface area (Å²) in [6.45, 7) is 4.45. The Morgan fingerprint density at radius 3 is 2.45 bits per heavy atom. The lowest BCUT2D eigenvalue weighted by molar-refractivity contribution is -0.141. The van der Waals surface area contributed by atoms with E-state index in [0.717, 1.165) is 29.7 Å². The Balaban J connectivity index is 1.57. The number of nitrogens with one attached hydrogen (secondary N) is 1. The first-order valence-corrected chi connectivity index (χ1v) is 11.8. The molecule has 0 aliphatic carbocycles. The summed E-state index contributed by atoms with van der Waals surface area (Å²) in [5.41, 5.74) is 3.55. The summed E-state index contributed by atoms with van der Waals surface area (Å²) >= 11 is 5.99. The number of nitrogens with zero attached hydrogens (tertiary/aromatic N) is 2. The van der Waals surface area contributed by atoms with Gasteiger partial charge in [-0.05, 0) is 49.2 Å². The van der Waals surface area contributed by atoms with E-state index in [1.807, 2.05) is 49.1 Å². The van der Waals surface area contributed by atoms with E-state index < -0.39 is 17.9 Å². The van der Waals surface area contributed by atoms with Gasteiger partial charge in [-0.2, -0.15) is 0 Å². The molecule has 2 aromatic rings. The van der Waals surface area contributed by atoms with Crippen LogP contribution in [-0.2, 0) is 14.4 Å². The Hall–Kier alpha value is -3.12. The van der Waals surface area contributed by atoms with E-state index in [1.165, 1.54) is 4.90 Å². The van der Waals surface area contributed by atoms with Gasteiger partial charge in [0, 0.05) is 28.5 Å². The van der Waals surface area contributed by atoms with Crippen molar-refractivity contribution in [3.05, 3.63) is 65.2 Å². The molecule has 2 saturated heterocycles. The number of hydrogen-bond acceptors (Lipinski definition) is 4. The fourth-order valence-corrected chi connectivity index (χ4v) is 5.57. The van der Waals surface area contributed by atoms with Gasteiger partial charge in [0.1, 0.15) is 6.04 Å². The molecule has 0 saturated carbocycles. The Labute approximate surface area is 198 Å². The largest absolute Gasteiger partial charge is 0.351 e. The van der Waals surface area contributed by atoms with Gasteiger partial charge in [-0.15, -0.1) is 0 Å². The van der Waals surface area contributed by atoms with Crippen LogP contribution >= 0.6 is 11.6 Å². The molecule has 3 amide bonds. The van der Waals surface area contributed by atoms with Crippen LogP contribution in [0.2, 0.25) is 5.02 Å². The van der Waals surface area contributed by atoms with Crippen LogP contribution in [0.25, 0.3) is 5.57 Å². The van der Waals surface area contributed by atoms with Crippen molar-refractivity contribution in [3.8, 4) is 0 Å². The first-order valence-electron chi connectivity index (χ1n) is 11.4. The summed E-state index contributed by atoms with van der Waals surface area (Å²) in [5.74, 6) is -2.00. The van der Waals surface area contributed by atoms with Crippen LogP contribution in [0, 0.1) is 11.8 Å². The average Bonchev–Trinajstić information content (AvgIpc) is 3.27. The molecule has 2 aromatic carbocycles. The number of imide groups is 1. The zero-order valence-electron chi connectivity index (χ0n) is 18.6. The number of carbonyl (C=O) groups is 3.